The van der Waals surface area contributed by atoms with Crippen molar-refractivity contribution in [2.24, 2.45) is 0 Å². The van der Waals surface area contributed by atoms with E-state index in [1.54, 1.807) is 18.2 Å². The van der Waals surface area contributed by atoms with Crippen molar-refractivity contribution in [3.63, 3.8) is 0 Å². The Hall–Kier alpha value is -2.53. The number of carbonyl (C=O) groups excluding carboxylic acids is 1. The molecule has 1 aromatic rings. The second kappa shape index (κ2) is 5.49. The lowest BCUT2D eigenvalue weighted by molar-refractivity contribution is -0.141. The van der Waals surface area contributed by atoms with Crippen LogP contribution < -0.4 is 0 Å². The highest BCUT2D eigenvalue weighted by Crippen LogP contribution is 2.41. The fraction of sp³-hybridized carbons (Fsp3) is 0.214. The lowest BCUT2D eigenvalue weighted by Gasteiger charge is -2.45. The third kappa shape index (κ3) is 2.74. The van der Waals surface area contributed by atoms with Gasteiger partial charge in [-0.05, 0) is 18.2 Å². The molecule has 1 N–H and O–H groups in total. The van der Waals surface area contributed by atoms with Crippen LogP contribution in [0.4, 0.5) is 0 Å². The van der Waals surface area contributed by atoms with Crippen LogP contribution in [-0.2, 0) is 29.3 Å². The highest BCUT2D eigenvalue weighted by atomic mass is 32.2. The number of carbonyl (C=O) groups is 2. The van der Waals surface area contributed by atoms with Gasteiger partial charge < -0.3 is 5.11 Å². The molecule has 0 saturated carbocycles. The number of amides is 1. The van der Waals surface area contributed by atoms with Gasteiger partial charge in [-0.3, -0.25) is 14.7 Å². The normalized spacial score (nSPS) is 24.0. The summed E-state index contributed by atoms with van der Waals surface area (Å²) in [6, 6.07) is 4.83. The number of carboxylic acids is 1. The Morgan fingerprint density at radius 1 is 1.40 bits per heavy atom. The summed E-state index contributed by atoms with van der Waals surface area (Å²) < 4.78 is 48.5. The van der Waals surface area contributed by atoms with Crippen LogP contribution in [0.1, 0.15) is 5.69 Å². The molecule has 0 unspecified atom stereocenters. The van der Waals surface area contributed by atoms with Crippen molar-refractivity contribution in [1.29, 1.82) is 0 Å². The van der Waals surface area contributed by atoms with Gasteiger partial charge in [0.15, 0.2) is 25.0 Å². The van der Waals surface area contributed by atoms with Crippen molar-refractivity contribution < 1.29 is 31.5 Å². The number of nitrogens with zero attached hydrogens (tertiary/aromatic N) is 2. The number of aliphatic carboxylic acids is 1. The minimum atomic E-state index is -4.12. The molecule has 1 aromatic heterocycles. The zero-order chi connectivity index (χ0) is 18.6. The molecule has 0 spiro atoms. The number of β-lactam (4-membered cyclic amide) rings is 1. The fourth-order valence-corrected chi connectivity index (χ4v) is 6.34. The maximum absolute atomic E-state index is 12.5. The van der Waals surface area contributed by atoms with Crippen LogP contribution in [0.3, 0.4) is 0 Å². The third-order valence-electron chi connectivity index (χ3n) is 3.79. The van der Waals surface area contributed by atoms with E-state index in [0.29, 0.717) is 16.8 Å². The summed E-state index contributed by atoms with van der Waals surface area (Å²) in [5, 5.41) is 7.79. The highest BCUT2D eigenvalue weighted by molar-refractivity contribution is 7.98. The van der Waals surface area contributed by atoms with Gasteiger partial charge in [0, 0.05) is 12.5 Å². The quantitative estimate of drug-likeness (QED) is 0.538. The Kier molecular flexibility index (Phi) is 3.80. The van der Waals surface area contributed by atoms with Crippen LogP contribution in [0, 0.1) is 0 Å². The van der Waals surface area contributed by atoms with Crippen LogP contribution in [0.15, 0.2) is 40.6 Å². The Morgan fingerprint density at radius 3 is 2.60 bits per heavy atom. The molecule has 1 saturated heterocycles. The monoisotopic (exact) mass is 384 g/mol. The van der Waals surface area contributed by atoms with Crippen molar-refractivity contribution in [2.75, 3.05) is 12.0 Å². The van der Waals surface area contributed by atoms with Gasteiger partial charge in [-0.2, -0.15) is 0 Å². The number of carboxylic acid groups (broad SMARTS) is 1. The Balaban J connectivity index is 2.19. The molecule has 2 aliphatic heterocycles. The molecule has 11 heteroatoms. The number of hydrogen-bond acceptors (Lipinski definition) is 7. The summed E-state index contributed by atoms with van der Waals surface area (Å²) in [5.41, 5.74) is -0.633. The summed E-state index contributed by atoms with van der Waals surface area (Å²) in [6.45, 7) is 0. The van der Waals surface area contributed by atoms with Crippen molar-refractivity contribution in [3.05, 3.63) is 46.3 Å². The average Bonchev–Trinajstić information content (AvgIpc) is 2.51. The lowest BCUT2D eigenvalue weighted by atomic mass is 10.0. The first-order valence-electron chi connectivity index (χ1n) is 6.88. The first-order chi connectivity index (χ1) is 11.5. The van der Waals surface area contributed by atoms with Crippen molar-refractivity contribution in [2.45, 2.75) is 5.37 Å². The first kappa shape index (κ1) is 17.3. The highest BCUT2D eigenvalue weighted by Gasteiger charge is 2.57. The first-order valence-corrected chi connectivity index (χ1v) is 10.5. The molecule has 3 heterocycles. The van der Waals surface area contributed by atoms with E-state index in [-0.39, 0.29) is 5.57 Å². The summed E-state index contributed by atoms with van der Waals surface area (Å²) >= 11 is 0. The molecular weight excluding hydrogens is 372 g/mol. The summed E-state index contributed by atoms with van der Waals surface area (Å²) in [6.07, 6.45) is 3.41. The largest absolute Gasteiger partial charge is 0.477 e. The number of sulfone groups is 2. The molecule has 9 nitrogen and oxygen atoms in total. The van der Waals surface area contributed by atoms with Gasteiger partial charge in [0.1, 0.15) is 5.70 Å². The second-order valence-corrected chi connectivity index (χ2v) is 9.64. The van der Waals surface area contributed by atoms with Gasteiger partial charge in [-0.25, -0.2) is 21.6 Å². The smallest absolute Gasteiger partial charge is 0.353 e. The standard InChI is InChI=1S/C14H12N2O7S2/c1-24(20,21)10-7-25(22,23)13-9(6-8-4-2-3-5-15-8)12(17)16(13)11(10)14(18)19/h2-6,13H,7H2,1H3,(H,18,19)/b9-6-/t13-/m1/s1. The molecule has 25 heavy (non-hydrogen) atoms. The second-order valence-electron chi connectivity index (χ2n) is 5.54. The number of hydrogen-bond donors (Lipinski definition) is 1. The van der Waals surface area contributed by atoms with E-state index in [1.165, 1.54) is 12.3 Å². The van der Waals surface area contributed by atoms with Gasteiger partial charge in [-0.1, -0.05) is 6.07 Å². The van der Waals surface area contributed by atoms with Crippen LogP contribution in [-0.4, -0.2) is 61.1 Å². The van der Waals surface area contributed by atoms with E-state index >= 15 is 0 Å². The predicted octanol–water partition coefficient (Wildman–Crippen LogP) is -0.598. The number of rotatable bonds is 3. The molecule has 1 atom stereocenters. The molecule has 1 fully saturated rings. The topological polar surface area (TPSA) is 139 Å². The van der Waals surface area contributed by atoms with E-state index in [2.05, 4.69) is 4.98 Å². The summed E-state index contributed by atoms with van der Waals surface area (Å²) in [4.78, 5) is 27.5. The van der Waals surface area contributed by atoms with Crippen LogP contribution in [0.2, 0.25) is 0 Å². The van der Waals surface area contributed by atoms with Crippen molar-refractivity contribution in [3.8, 4) is 0 Å². The van der Waals surface area contributed by atoms with Crippen LogP contribution >= 0.6 is 0 Å². The van der Waals surface area contributed by atoms with E-state index in [4.69, 9.17) is 0 Å². The minimum absolute atomic E-state index is 0.148. The molecule has 0 radical (unpaired) electrons. The van der Waals surface area contributed by atoms with Gasteiger partial charge in [-0.15, -0.1) is 0 Å². The number of fused-ring (bicyclic) bond motifs is 1. The molecular formula is C14H12N2O7S2. The number of pyridine rings is 1. The molecule has 0 aliphatic carbocycles. The van der Waals surface area contributed by atoms with E-state index < -0.39 is 53.3 Å². The Labute approximate surface area is 143 Å². The maximum Gasteiger partial charge on any atom is 0.353 e. The van der Waals surface area contributed by atoms with Gasteiger partial charge in [0.2, 0.25) is 0 Å². The molecule has 2 aliphatic rings. The maximum atomic E-state index is 12.5. The van der Waals surface area contributed by atoms with Crippen LogP contribution in [0.25, 0.3) is 6.08 Å². The minimum Gasteiger partial charge on any atom is -0.477 e. The Morgan fingerprint density at radius 2 is 2.08 bits per heavy atom. The number of aromatic nitrogens is 1. The zero-order valence-corrected chi connectivity index (χ0v) is 14.4. The van der Waals surface area contributed by atoms with E-state index in [1.807, 2.05) is 0 Å². The summed E-state index contributed by atoms with van der Waals surface area (Å²) in [5.74, 6) is -3.52. The fourth-order valence-electron chi connectivity index (χ4n) is 2.72. The molecule has 0 aromatic carbocycles. The van der Waals surface area contributed by atoms with E-state index in [0.717, 1.165) is 0 Å². The summed E-state index contributed by atoms with van der Waals surface area (Å²) in [7, 11) is -8.24. The van der Waals surface area contributed by atoms with E-state index in [9.17, 15) is 31.5 Å². The van der Waals surface area contributed by atoms with Gasteiger partial charge >= 0.3 is 5.97 Å². The average molecular weight is 384 g/mol. The van der Waals surface area contributed by atoms with Crippen LogP contribution in [0.5, 0.6) is 0 Å². The van der Waals surface area contributed by atoms with Gasteiger partial charge in [0.25, 0.3) is 5.91 Å². The zero-order valence-electron chi connectivity index (χ0n) is 12.8. The molecule has 3 rings (SSSR count). The van der Waals surface area contributed by atoms with Gasteiger partial charge in [0.05, 0.1) is 21.9 Å². The Bertz CT molecular complexity index is 1050. The molecule has 132 valence electrons. The van der Waals surface area contributed by atoms with Crippen molar-refractivity contribution >= 4 is 37.6 Å². The lowest BCUT2D eigenvalue weighted by Crippen LogP contribution is -2.62. The molecule has 0 bridgehead atoms. The van der Waals surface area contributed by atoms with Crippen molar-refractivity contribution in [1.82, 2.24) is 9.88 Å². The SMILES string of the molecule is CS(=O)(=O)C1=C(C(=O)O)N2C(=O)/C(=C/c3ccccn3)[C@H]2S(=O)(=O)C1. The third-order valence-corrected chi connectivity index (χ3v) is 7.04. The molecule has 1 amide bonds. The predicted molar refractivity (Wildman–Crippen MR) is 86.1 cm³/mol.